The molecule has 39 heavy (non-hydrogen) atoms. The van der Waals surface area contributed by atoms with E-state index in [9.17, 15) is 14.0 Å². The van der Waals surface area contributed by atoms with Crippen molar-refractivity contribution in [3.8, 4) is 11.5 Å². The number of ether oxygens (including phenoxy) is 2. The van der Waals surface area contributed by atoms with Crippen LogP contribution in [0.2, 0.25) is 0 Å². The van der Waals surface area contributed by atoms with Crippen LogP contribution in [-0.4, -0.2) is 24.0 Å². The molecule has 1 aromatic heterocycles. The highest BCUT2D eigenvalue weighted by atomic mass is 19.1. The standard InChI is InChI=1S/C32H32FNO5/c1-4-6-7-16-38-26-14-12-22(17-27(26)37-5-2)29-28-30(35)24-18-23(33)13-15-25(24)39-31(28)32(36)34(29)19-21-10-8-20(3)9-11-21/h8-15,17-18,29H,4-7,16,19H2,1-3H3. The van der Waals surface area contributed by atoms with Crippen molar-refractivity contribution >= 4 is 16.9 Å². The normalized spacial score (nSPS) is 14.6. The largest absolute Gasteiger partial charge is 0.490 e. The number of carbonyl (C=O) groups is 1. The molecule has 7 heteroatoms. The third kappa shape index (κ3) is 5.26. The fourth-order valence-electron chi connectivity index (χ4n) is 5.01. The minimum Gasteiger partial charge on any atom is -0.490 e. The fraction of sp³-hybridized carbons (Fsp3) is 0.312. The van der Waals surface area contributed by atoms with Gasteiger partial charge in [-0.2, -0.15) is 0 Å². The number of fused-ring (bicyclic) bond motifs is 2. The number of nitrogens with zero attached hydrogens (tertiary/aromatic N) is 1. The first-order chi connectivity index (χ1) is 18.9. The van der Waals surface area contributed by atoms with E-state index in [1.54, 1.807) is 4.90 Å². The maximum Gasteiger partial charge on any atom is 0.291 e. The van der Waals surface area contributed by atoms with Gasteiger partial charge < -0.3 is 18.8 Å². The summed E-state index contributed by atoms with van der Waals surface area (Å²) < 4.78 is 32.0. The molecule has 1 atom stereocenters. The number of aryl methyl sites for hydroxylation is 1. The van der Waals surface area contributed by atoms with Gasteiger partial charge in [0.15, 0.2) is 16.9 Å². The second-order valence-corrected chi connectivity index (χ2v) is 9.83. The van der Waals surface area contributed by atoms with Gasteiger partial charge in [0.05, 0.1) is 30.2 Å². The van der Waals surface area contributed by atoms with Crippen molar-refractivity contribution in [1.82, 2.24) is 4.90 Å². The van der Waals surface area contributed by atoms with E-state index in [2.05, 4.69) is 6.92 Å². The minimum absolute atomic E-state index is 0.0194. The second kappa shape index (κ2) is 11.3. The van der Waals surface area contributed by atoms with Crippen LogP contribution in [0.15, 0.2) is 69.9 Å². The Morgan fingerprint density at radius 1 is 0.923 bits per heavy atom. The number of unbranched alkanes of at least 4 members (excludes halogenated alkanes) is 2. The predicted molar refractivity (Wildman–Crippen MR) is 148 cm³/mol. The van der Waals surface area contributed by atoms with Crippen molar-refractivity contribution < 1.29 is 23.1 Å². The van der Waals surface area contributed by atoms with Gasteiger partial charge in [-0.3, -0.25) is 9.59 Å². The van der Waals surface area contributed by atoms with E-state index in [4.69, 9.17) is 13.9 Å². The molecule has 0 saturated heterocycles. The minimum atomic E-state index is -0.744. The van der Waals surface area contributed by atoms with Gasteiger partial charge in [0, 0.05) is 6.54 Å². The third-order valence-corrected chi connectivity index (χ3v) is 6.99. The zero-order chi connectivity index (χ0) is 27.5. The van der Waals surface area contributed by atoms with Crippen molar-refractivity contribution in [3.05, 3.63) is 105 Å². The molecular formula is C32H32FNO5. The van der Waals surface area contributed by atoms with E-state index < -0.39 is 23.2 Å². The molecule has 0 radical (unpaired) electrons. The lowest BCUT2D eigenvalue weighted by atomic mass is 9.97. The lowest BCUT2D eigenvalue weighted by Gasteiger charge is -2.26. The monoisotopic (exact) mass is 529 g/mol. The van der Waals surface area contributed by atoms with Crippen molar-refractivity contribution in [1.29, 1.82) is 0 Å². The number of hydrogen-bond acceptors (Lipinski definition) is 5. The summed E-state index contributed by atoms with van der Waals surface area (Å²) in [7, 11) is 0. The molecule has 5 rings (SSSR count). The van der Waals surface area contributed by atoms with E-state index >= 15 is 0 Å². The molecule has 1 unspecified atom stereocenters. The van der Waals surface area contributed by atoms with Crippen LogP contribution in [0.5, 0.6) is 11.5 Å². The Hall–Kier alpha value is -4.13. The molecule has 0 fully saturated rings. The van der Waals surface area contributed by atoms with Crippen LogP contribution in [0.1, 0.15) is 72.0 Å². The molecular weight excluding hydrogens is 497 g/mol. The quantitative estimate of drug-likeness (QED) is 0.208. The van der Waals surface area contributed by atoms with Gasteiger partial charge in [0.1, 0.15) is 11.4 Å². The number of benzene rings is 3. The molecule has 0 N–H and O–H groups in total. The first-order valence-electron chi connectivity index (χ1n) is 13.4. The molecule has 0 bridgehead atoms. The smallest absolute Gasteiger partial charge is 0.291 e. The molecule has 3 aromatic carbocycles. The van der Waals surface area contributed by atoms with E-state index in [0.29, 0.717) is 30.3 Å². The molecule has 0 spiro atoms. The Labute approximate surface area is 227 Å². The summed E-state index contributed by atoms with van der Waals surface area (Å²) in [5.74, 6) is 0.194. The Balaban J connectivity index is 1.63. The number of amides is 1. The van der Waals surface area contributed by atoms with Crippen LogP contribution >= 0.6 is 0 Å². The number of rotatable bonds is 10. The van der Waals surface area contributed by atoms with Gasteiger partial charge in [-0.25, -0.2) is 4.39 Å². The SMILES string of the molecule is CCCCCOc1ccc(C2c3c(oc4ccc(F)cc4c3=O)C(=O)N2Cc2ccc(C)cc2)cc1OCC. The second-order valence-electron chi connectivity index (χ2n) is 9.83. The predicted octanol–water partition coefficient (Wildman–Crippen LogP) is 6.95. The summed E-state index contributed by atoms with van der Waals surface area (Å²) in [6, 6.07) is 16.4. The van der Waals surface area contributed by atoms with Crippen molar-refractivity contribution in [2.45, 2.75) is 52.6 Å². The third-order valence-electron chi connectivity index (χ3n) is 6.99. The fourth-order valence-corrected chi connectivity index (χ4v) is 5.01. The molecule has 6 nitrogen and oxygen atoms in total. The summed E-state index contributed by atoms with van der Waals surface area (Å²) in [4.78, 5) is 29.1. The highest BCUT2D eigenvalue weighted by molar-refractivity contribution is 5.99. The molecule has 1 aliphatic rings. The van der Waals surface area contributed by atoms with Crippen molar-refractivity contribution in [2.24, 2.45) is 0 Å². The Morgan fingerprint density at radius 2 is 1.72 bits per heavy atom. The van der Waals surface area contributed by atoms with Gasteiger partial charge in [0.25, 0.3) is 5.91 Å². The van der Waals surface area contributed by atoms with Crippen LogP contribution in [-0.2, 0) is 6.54 Å². The summed E-state index contributed by atoms with van der Waals surface area (Å²) in [6.45, 7) is 7.28. The van der Waals surface area contributed by atoms with Gasteiger partial charge in [-0.1, -0.05) is 55.7 Å². The maximum absolute atomic E-state index is 14.1. The molecule has 1 amide bonds. The average Bonchev–Trinajstić information content (AvgIpc) is 3.20. The van der Waals surface area contributed by atoms with Gasteiger partial charge in [-0.15, -0.1) is 0 Å². The summed E-state index contributed by atoms with van der Waals surface area (Å²) in [5.41, 5.74) is 2.65. The molecule has 2 heterocycles. The number of hydrogen-bond donors (Lipinski definition) is 0. The highest BCUT2D eigenvalue weighted by Gasteiger charge is 2.43. The molecule has 0 aliphatic carbocycles. The summed E-state index contributed by atoms with van der Waals surface area (Å²) in [6.07, 6.45) is 3.10. The zero-order valence-electron chi connectivity index (χ0n) is 22.5. The Bertz CT molecular complexity index is 1560. The van der Waals surface area contributed by atoms with Crippen molar-refractivity contribution in [2.75, 3.05) is 13.2 Å². The molecule has 202 valence electrons. The molecule has 1 aliphatic heterocycles. The average molecular weight is 530 g/mol. The van der Waals surface area contributed by atoms with E-state index in [-0.39, 0.29) is 28.8 Å². The van der Waals surface area contributed by atoms with E-state index in [0.717, 1.165) is 36.5 Å². The molecule has 4 aromatic rings. The van der Waals surface area contributed by atoms with Crippen LogP contribution in [0.4, 0.5) is 4.39 Å². The zero-order valence-corrected chi connectivity index (χ0v) is 22.5. The van der Waals surface area contributed by atoms with E-state index in [1.807, 2.05) is 56.3 Å². The first kappa shape index (κ1) is 26.5. The highest BCUT2D eigenvalue weighted by Crippen LogP contribution is 2.42. The number of halogens is 1. The van der Waals surface area contributed by atoms with Crippen LogP contribution in [0.3, 0.4) is 0 Å². The van der Waals surface area contributed by atoms with E-state index in [1.165, 1.54) is 12.1 Å². The van der Waals surface area contributed by atoms with Gasteiger partial charge in [0.2, 0.25) is 5.76 Å². The number of carbonyl (C=O) groups excluding carboxylic acids is 1. The van der Waals surface area contributed by atoms with Gasteiger partial charge >= 0.3 is 0 Å². The summed E-state index contributed by atoms with van der Waals surface area (Å²) >= 11 is 0. The maximum atomic E-state index is 14.1. The lowest BCUT2D eigenvalue weighted by Crippen LogP contribution is -2.29. The Morgan fingerprint density at radius 3 is 2.46 bits per heavy atom. The van der Waals surface area contributed by atoms with Crippen LogP contribution in [0.25, 0.3) is 11.0 Å². The van der Waals surface area contributed by atoms with Crippen LogP contribution in [0, 0.1) is 12.7 Å². The Kier molecular flexibility index (Phi) is 7.68. The topological polar surface area (TPSA) is 69.0 Å². The first-order valence-corrected chi connectivity index (χ1v) is 13.4. The van der Waals surface area contributed by atoms with Crippen molar-refractivity contribution in [3.63, 3.8) is 0 Å². The molecule has 0 saturated carbocycles. The lowest BCUT2D eigenvalue weighted by molar-refractivity contribution is 0.0714. The summed E-state index contributed by atoms with van der Waals surface area (Å²) in [5, 5.41) is 0.102. The van der Waals surface area contributed by atoms with Crippen LogP contribution < -0.4 is 14.9 Å². The van der Waals surface area contributed by atoms with Gasteiger partial charge in [-0.05, 0) is 61.7 Å².